The minimum absolute atomic E-state index is 0.0986. The molecule has 0 aromatic heterocycles. The van der Waals surface area contributed by atoms with Gasteiger partial charge in [0.15, 0.2) is 6.61 Å². The Morgan fingerprint density at radius 2 is 1.83 bits per heavy atom. The number of phenolic OH excluding ortho intramolecular Hbond substituents is 1. The van der Waals surface area contributed by atoms with Crippen molar-refractivity contribution in [3.63, 3.8) is 0 Å². The molecule has 0 aliphatic carbocycles. The summed E-state index contributed by atoms with van der Waals surface area (Å²) in [7, 11) is 0. The van der Waals surface area contributed by atoms with Crippen LogP contribution in [0.2, 0.25) is 0 Å². The summed E-state index contributed by atoms with van der Waals surface area (Å²) in [5, 5.41) is 13.5. The van der Waals surface area contributed by atoms with Crippen molar-refractivity contribution >= 4 is 11.6 Å². The van der Waals surface area contributed by atoms with Crippen LogP contribution in [-0.2, 0) is 4.79 Å². The van der Waals surface area contributed by atoms with Gasteiger partial charge in [0, 0.05) is 0 Å². The molecule has 0 heterocycles. The third kappa shape index (κ3) is 4.84. The molecule has 1 amide bonds. The second-order valence-electron chi connectivity index (χ2n) is 5.53. The number of rotatable bonds is 6. The summed E-state index contributed by atoms with van der Waals surface area (Å²) in [6.45, 7) is 5.87. The zero-order valence-corrected chi connectivity index (χ0v) is 14.2. The van der Waals surface area contributed by atoms with Gasteiger partial charge >= 0.3 is 0 Å². The molecule has 0 saturated carbocycles. The van der Waals surface area contributed by atoms with E-state index in [9.17, 15) is 9.90 Å². The van der Waals surface area contributed by atoms with Gasteiger partial charge in [0.25, 0.3) is 5.91 Å². The van der Waals surface area contributed by atoms with Crippen LogP contribution in [0.15, 0.2) is 47.6 Å². The number of carbonyl (C=O) groups is 1. The molecule has 126 valence electrons. The fourth-order valence-electron chi connectivity index (χ4n) is 2.12. The van der Waals surface area contributed by atoms with E-state index in [2.05, 4.69) is 10.5 Å². The Kier molecular flexibility index (Phi) is 5.95. The minimum atomic E-state index is -0.321. The first-order valence-electron chi connectivity index (χ1n) is 7.84. The minimum Gasteiger partial charge on any atom is -0.508 e. The highest BCUT2D eigenvalue weighted by atomic mass is 16.5. The van der Waals surface area contributed by atoms with Crippen molar-refractivity contribution in [2.45, 2.75) is 27.2 Å². The zero-order chi connectivity index (χ0) is 17.5. The molecule has 0 aliphatic rings. The monoisotopic (exact) mass is 326 g/mol. The van der Waals surface area contributed by atoms with Crippen molar-refractivity contribution < 1.29 is 14.6 Å². The van der Waals surface area contributed by atoms with Crippen molar-refractivity contribution in [2.75, 3.05) is 6.61 Å². The van der Waals surface area contributed by atoms with E-state index in [4.69, 9.17) is 4.74 Å². The molecule has 0 bridgehead atoms. The molecule has 2 aromatic rings. The first-order chi connectivity index (χ1) is 11.5. The number of aryl methyl sites for hydroxylation is 2. The van der Waals surface area contributed by atoms with Gasteiger partial charge in [-0.15, -0.1) is 0 Å². The number of ether oxygens (including phenoxy) is 1. The van der Waals surface area contributed by atoms with E-state index in [1.54, 1.807) is 24.3 Å². The molecular formula is C19H22N2O3. The molecule has 0 unspecified atom stereocenters. The number of amides is 1. The third-order valence-corrected chi connectivity index (χ3v) is 3.70. The van der Waals surface area contributed by atoms with Gasteiger partial charge in [-0.1, -0.05) is 13.0 Å². The Balaban J connectivity index is 1.93. The number of nitrogens with zero attached hydrogens (tertiary/aromatic N) is 1. The van der Waals surface area contributed by atoms with Gasteiger partial charge < -0.3 is 9.84 Å². The maximum Gasteiger partial charge on any atom is 0.277 e. The molecule has 0 atom stereocenters. The van der Waals surface area contributed by atoms with Gasteiger partial charge in [-0.3, -0.25) is 4.79 Å². The Bertz CT molecular complexity index is 737. The van der Waals surface area contributed by atoms with Crippen LogP contribution >= 0.6 is 0 Å². The third-order valence-electron chi connectivity index (χ3n) is 3.70. The highest BCUT2D eigenvalue weighted by molar-refractivity contribution is 6.01. The summed E-state index contributed by atoms with van der Waals surface area (Å²) in [5.74, 6) is 0.532. The molecule has 5 heteroatoms. The predicted molar refractivity (Wildman–Crippen MR) is 94.5 cm³/mol. The highest BCUT2D eigenvalue weighted by Gasteiger charge is 2.05. The summed E-state index contributed by atoms with van der Waals surface area (Å²) in [5.41, 5.74) is 6.38. The van der Waals surface area contributed by atoms with Crippen LogP contribution in [0.5, 0.6) is 11.5 Å². The van der Waals surface area contributed by atoms with E-state index in [1.807, 2.05) is 39.0 Å². The van der Waals surface area contributed by atoms with Gasteiger partial charge in [0.2, 0.25) is 0 Å². The lowest BCUT2D eigenvalue weighted by molar-refractivity contribution is -0.123. The lowest BCUT2D eigenvalue weighted by Gasteiger charge is -2.08. The van der Waals surface area contributed by atoms with E-state index in [1.165, 1.54) is 5.56 Å². The summed E-state index contributed by atoms with van der Waals surface area (Å²) in [6.07, 6.45) is 0.656. The standard InChI is InChI=1S/C19H22N2O3/c1-4-18(15-6-8-16(22)9-7-15)20-21-19(23)12-24-17-10-5-13(2)14(3)11-17/h5-11,22H,4,12H2,1-3H3,(H,21,23)/b20-18+. The predicted octanol–water partition coefficient (Wildman–Crippen LogP) is 3.32. The number of hydrogen-bond donors (Lipinski definition) is 2. The number of benzene rings is 2. The van der Waals surface area contributed by atoms with E-state index in [-0.39, 0.29) is 18.3 Å². The lowest BCUT2D eigenvalue weighted by atomic mass is 10.1. The smallest absolute Gasteiger partial charge is 0.277 e. The number of aromatic hydroxyl groups is 1. The quantitative estimate of drug-likeness (QED) is 0.632. The maximum atomic E-state index is 11.9. The summed E-state index contributed by atoms with van der Waals surface area (Å²) < 4.78 is 5.48. The Morgan fingerprint density at radius 1 is 1.12 bits per heavy atom. The van der Waals surface area contributed by atoms with Crippen LogP contribution < -0.4 is 10.2 Å². The van der Waals surface area contributed by atoms with E-state index in [0.29, 0.717) is 12.2 Å². The molecule has 24 heavy (non-hydrogen) atoms. The summed E-state index contributed by atoms with van der Waals surface area (Å²) >= 11 is 0. The molecule has 2 aromatic carbocycles. The molecule has 2 N–H and O–H groups in total. The summed E-state index contributed by atoms with van der Waals surface area (Å²) in [4.78, 5) is 11.9. The van der Waals surface area contributed by atoms with Gasteiger partial charge in [-0.25, -0.2) is 5.43 Å². The number of nitrogens with one attached hydrogen (secondary N) is 1. The van der Waals surface area contributed by atoms with Crippen molar-refractivity contribution in [3.8, 4) is 11.5 Å². The van der Waals surface area contributed by atoms with E-state index in [0.717, 1.165) is 16.8 Å². The molecule has 0 spiro atoms. The Morgan fingerprint density at radius 3 is 2.46 bits per heavy atom. The average molecular weight is 326 g/mol. The second-order valence-corrected chi connectivity index (χ2v) is 5.53. The van der Waals surface area contributed by atoms with Crippen LogP contribution in [0.1, 0.15) is 30.0 Å². The molecule has 0 radical (unpaired) electrons. The fourth-order valence-corrected chi connectivity index (χ4v) is 2.12. The summed E-state index contributed by atoms with van der Waals surface area (Å²) in [6, 6.07) is 12.4. The van der Waals surface area contributed by atoms with Crippen molar-refractivity contribution in [3.05, 3.63) is 59.2 Å². The molecule has 0 aliphatic heterocycles. The van der Waals surface area contributed by atoms with Crippen LogP contribution in [-0.4, -0.2) is 23.3 Å². The van der Waals surface area contributed by atoms with Crippen LogP contribution in [0, 0.1) is 13.8 Å². The van der Waals surface area contributed by atoms with Crippen LogP contribution in [0.4, 0.5) is 0 Å². The number of hydrogen-bond acceptors (Lipinski definition) is 4. The van der Waals surface area contributed by atoms with Gasteiger partial charge in [-0.05, 0) is 73.4 Å². The maximum absolute atomic E-state index is 11.9. The molecule has 0 saturated heterocycles. The number of hydrazone groups is 1. The van der Waals surface area contributed by atoms with Gasteiger partial charge in [0.1, 0.15) is 11.5 Å². The highest BCUT2D eigenvalue weighted by Crippen LogP contribution is 2.16. The second kappa shape index (κ2) is 8.15. The normalized spacial score (nSPS) is 11.2. The zero-order valence-electron chi connectivity index (χ0n) is 14.2. The largest absolute Gasteiger partial charge is 0.508 e. The van der Waals surface area contributed by atoms with Crippen molar-refractivity contribution in [1.29, 1.82) is 0 Å². The lowest BCUT2D eigenvalue weighted by Crippen LogP contribution is -2.26. The van der Waals surface area contributed by atoms with Crippen LogP contribution in [0.3, 0.4) is 0 Å². The molecule has 0 fully saturated rings. The van der Waals surface area contributed by atoms with E-state index < -0.39 is 0 Å². The first-order valence-corrected chi connectivity index (χ1v) is 7.84. The van der Waals surface area contributed by atoms with Gasteiger partial charge in [-0.2, -0.15) is 5.10 Å². The Hall–Kier alpha value is -2.82. The number of carbonyl (C=O) groups excluding carboxylic acids is 1. The van der Waals surface area contributed by atoms with Gasteiger partial charge in [0.05, 0.1) is 5.71 Å². The van der Waals surface area contributed by atoms with Crippen LogP contribution in [0.25, 0.3) is 0 Å². The molecule has 5 nitrogen and oxygen atoms in total. The van der Waals surface area contributed by atoms with E-state index >= 15 is 0 Å². The van der Waals surface area contributed by atoms with Crippen molar-refractivity contribution in [2.24, 2.45) is 5.10 Å². The number of phenols is 1. The Labute approximate surface area is 142 Å². The molecular weight excluding hydrogens is 304 g/mol. The SMILES string of the molecule is CC/C(=N\NC(=O)COc1ccc(C)c(C)c1)c1ccc(O)cc1. The van der Waals surface area contributed by atoms with Crippen molar-refractivity contribution in [1.82, 2.24) is 5.43 Å². The molecule has 2 rings (SSSR count). The first kappa shape index (κ1) is 17.5. The topological polar surface area (TPSA) is 70.9 Å². The fraction of sp³-hybridized carbons (Fsp3) is 0.263. The average Bonchev–Trinajstić information content (AvgIpc) is 2.58.